The Morgan fingerprint density at radius 2 is 1.46 bits per heavy atom. The van der Waals surface area contributed by atoms with E-state index < -0.39 is 35.7 Å². The van der Waals surface area contributed by atoms with Gasteiger partial charge in [-0.15, -0.1) is 0 Å². The fourth-order valence-electron chi connectivity index (χ4n) is 2.58. The first-order valence-corrected chi connectivity index (χ1v) is 8.30. The first-order chi connectivity index (χ1) is 12.1. The van der Waals surface area contributed by atoms with Crippen LogP contribution in [0.5, 0.6) is 17.2 Å². The number of halogens is 2. The van der Waals surface area contributed by atoms with Crippen molar-refractivity contribution in [2.24, 2.45) is 0 Å². The fourth-order valence-corrected chi connectivity index (χ4v) is 2.58. The third-order valence-corrected chi connectivity index (χ3v) is 4.85. The van der Waals surface area contributed by atoms with E-state index in [1.165, 1.54) is 13.2 Å². The molecule has 0 N–H and O–H groups in total. The number of benzene rings is 2. The third kappa shape index (κ3) is 3.29. The predicted octanol–water partition coefficient (Wildman–Crippen LogP) is 4.06. The molecule has 0 spiro atoms. The van der Waals surface area contributed by atoms with Crippen molar-refractivity contribution in [1.29, 1.82) is 0 Å². The summed E-state index contributed by atoms with van der Waals surface area (Å²) in [6.45, 7) is 7.93. The summed E-state index contributed by atoms with van der Waals surface area (Å²) >= 11 is 0. The fraction of sp³-hybridized carbons (Fsp3) is 0.368. The third-order valence-electron chi connectivity index (χ3n) is 4.85. The summed E-state index contributed by atoms with van der Waals surface area (Å²) in [7, 11) is 0.710. The van der Waals surface area contributed by atoms with E-state index in [-0.39, 0.29) is 5.75 Å². The average molecular weight is 362 g/mol. The van der Waals surface area contributed by atoms with Crippen molar-refractivity contribution >= 4 is 12.6 Å². The Kier molecular flexibility index (Phi) is 4.71. The van der Waals surface area contributed by atoms with Crippen LogP contribution in [0.15, 0.2) is 36.4 Å². The van der Waals surface area contributed by atoms with Gasteiger partial charge in [-0.05, 0) is 57.4 Å². The van der Waals surface area contributed by atoms with E-state index in [0.717, 1.165) is 11.5 Å². The molecule has 0 saturated carbocycles. The summed E-state index contributed by atoms with van der Waals surface area (Å²) in [5.74, 6) is -1.86. The van der Waals surface area contributed by atoms with Gasteiger partial charge < -0.3 is 18.8 Å². The normalized spacial score (nSPS) is 18.0. The Bertz CT molecular complexity index is 790. The van der Waals surface area contributed by atoms with Crippen LogP contribution in [-0.2, 0) is 9.31 Å². The molecule has 26 heavy (non-hydrogen) atoms. The molecule has 1 aliphatic rings. The highest BCUT2D eigenvalue weighted by Gasteiger charge is 2.51. The lowest BCUT2D eigenvalue weighted by atomic mass is 9.79. The molecule has 0 bridgehead atoms. The molecular formula is C19H21BF2O4. The van der Waals surface area contributed by atoms with Gasteiger partial charge in [-0.1, -0.05) is 12.1 Å². The monoisotopic (exact) mass is 362 g/mol. The van der Waals surface area contributed by atoms with E-state index in [4.69, 9.17) is 18.8 Å². The smallest absolute Gasteiger partial charge is 0.491 e. The molecule has 0 aliphatic carbocycles. The lowest BCUT2D eigenvalue weighted by molar-refractivity contribution is 0.00578. The van der Waals surface area contributed by atoms with Crippen molar-refractivity contribution in [3.8, 4) is 17.2 Å². The minimum atomic E-state index is -0.887. The summed E-state index contributed by atoms with van der Waals surface area (Å²) in [6, 6.07) is 9.24. The quantitative estimate of drug-likeness (QED) is 0.769. The molecule has 2 aromatic rings. The van der Waals surface area contributed by atoms with Crippen molar-refractivity contribution in [3.63, 3.8) is 0 Å². The molecular weight excluding hydrogens is 341 g/mol. The van der Waals surface area contributed by atoms with Gasteiger partial charge in [0.05, 0.1) is 18.3 Å². The van der Waals surface area contributed by atoms with Gasteiger partial charge in [0.2, 0.25) is 5.82 Å². The zero-order valence-electron chi connectivity index (χ0n) is 15.4. The molecule has 0 amide bonds. The van der Waals surface area contributed by atoms with Crippen LogP contribution >= 0.6 is 0 Å². The molecule has 3 rings (SSSR count). The Hall–Kier alpha value is -2.12. The number of hydrogen-bond donors (Lipinski definition) is 0. The zero-order valence-corrected chi connectivity index (χ0v) is 15.4. The number of rotatable bonds is 4. The average Bonchev–Trinajstić information content (AvgIpc) is 2.79. The second kappa shape index (κ2) is 6.56. The van der Waals surface area contributed by atoms with E-state index in [0.29, 0.717) is 5.75 Å². The summed E-state index contributed by atoms with van der Waals surface area (Å²) in [5, 5.41) is 0. The van der Waals surface area contributed by atoms with Crippen molar-refractivity contribution < 1.29 is 27.6 Å². The molecule has 0 unspecified atom stereocenters. The maximum absolute atomic E-state index is 14.2. The molecule has 0 atom stereocenters. The van der Waals surface area contributed by atoms with Gasteiger partial charge in [0.15, 0.2) is 17.3 Å². The van der Waals surface area contributed by atoms with Crippen LogP contribution in [0.2, 0.25) is 0 Å². The highest BCUT2D eigenvalue weighted by atomic mass is 19.1. The zero-order chi connectivity index (χ0) is 19.1. The number of hydrogen-bond acceptors (Lipinski definition) is 4. The molecule has 0 aromatic heterocycles. The van der Waals surface area contributed by atoms with Crippen LogP contribution in [-0.4, -0.2) is 25.4 Å². The largest absolute Gasteiger partial charge is 0.494 e. The van der Waals surface area contributed by atoms with Crippen LogP contribution in [0.3, 0.4) is 0 Å². The van der Waals surface area contributed by atoms with E-state index in [9.17, 15) is 8.78 Å². The van der Waals surface area contributed by atoms with Crippen LogP contribution in [0.1, 0.15) is 27.7 Å². The summed E-state index contributed by atoms with van der Waals surface area (Å²) in [4.78, 5) is 0. The second-order valence-electron chi connectivity index (χ2n) is 7.15. The topological polar surface area (TPSA) is 36.9 Å². The number of methoxy groups -OCH3 is 1. The molecule has 4 nitrogen and oxygen atoms in total. The minimum absolute atomic E-state index is 0.119. The van der Waals surface area contributed by atoms with Crippen LogP contribution < -0.4 is 14.9 Å². The standard InChI is InChI=1S/C19H21BF2O4/c1-18(2)19(3,4)26-20(25-18)12-6-8-13(9-7-12)24-15-11-10-14(21)17(23-5)16(15)22/h6-11H,1-5H3. The van der Waals surface area contributed by atoms with Gasteiger partial charge in [-0.25, -0.2) is 4.39 Å². The molecule has 1 fully saturated rings. The van der Waals surface area contributed by atoms with Crippen LogP contribution in [0.4, 0.5) is 8.78 Å². The number of ether oxygens (including phenoxy) is 2. The molecule has 2 aromatic carbocycles. The SMILES string of the molecule is COc1c(F)ccc(Oc2ccc(B3OC(C)(C)C(C)(C)O3)cc2)c1F. The van der Waals surface area contributed by atoms with Crippen molar-refractivity contribution in [2.75, 3.05) is 7.11 Å². The Morgan fingerprint density at radius 1 is 0.885 bits per heavy atom. The van der Waals surface area contributed by atoms with E-state index in [1.807, 2.05) is 27.7 Å². The Labute approximate surface area is 152 Å². The first kappa shape index (κ1) is 18.7. The Balaban J connectivity index is 1.77. The molecule has 1 saturated heterocycles. The van der Waals surface area contributed by atoms with Crippen molar-refractivity contribution in [1.82, 2.24) is 0 Å². The van der Waals surface area contributed by atoms with E-state index in [1.54, 1.807) is 24.3 Å². The lowest BCUT2D eigenvalue weighted by Gasteiger charge is -2.32. The first-order valence-electron chi connectivity index (χ1n) is 8.30. The van der Waals surface area contributed by atoms with Gasteiger partial charge >= 0.3 is 7.12 Å². The maximum atomic E-state index is 14.2. The summed E-state index contributed by atoms with van der Waals surface area (Å²) in [5.41, 5.74) is -0.0329. The molecule has 7 heteroatoms. The van der Waals surface area contributed by atoms with Crippen LogP contribution in [0.25, 0.3) is 0 Å². The van der Waals surface area contributed by atoms with E-state index in [2.05, 4.69) is 0 Å². The molecule has 1 aliphatic heterocycles. The maximum Gasteiger partial charge on any atom is 0.494 e. The van der Waals surface area contributed by atoms with Gasteiger partial charge in [-0.2, -0.15) is 4.39 Å². The van der Waals surface area contributed by atoms with Gasteiger partial charge in [-0.3, -0.25) is 0 Å². The van der Waals surface area contributed by atoms with Gasteiger partial charge in [0.1, 0.15) is 5.75 Å². The lowest BCUT2D eigenvalue weighted by Crippen LogP contribution is -2.41. The van der Waals surface area contributed by atoms with E-state index >= 15 is 0 Å². The second-order valence-corrected chi connectivity index (χ2v) is 7.15. The summed E-state index contributed by atoms with van der Waals surface area (Å²) in [6.07, 6.45) is 0. The van der Waals surface area contributed by atoms with Gasteiger partial charge in [0.25, 0.3) is 0 Å². The predicted molar refractivity (Wildman–Crippen MR) is 95.1 cm³/mol. The van der Waals surface area contributed by atoms with Crippen molar-refractivity contribution in [2.45, 2.75) is 38.9 Å². The molecule has 1 heterocycles. The highest BCUT2D eigenvalue weighted by molar-refractivity contribution is 6.62. The van der Waals surface area contributed by atoms with Crippen LogP contribution in [0, 0.1) is 11.6 Å². The minimum Gasteiger partial charge on any atom is -0.491 e. The van der Waals surface area contributed by atoms with Gasteiger partial charge in [0, 0.05) is 0 Å². The Morgan fingerprint density at radius 3 is 2.00 bits per heavy atom. The molecule has 138 valence electrons. The summed E-state index contributed by atoms with van der Waals surface area (Å²) < 4.78 is 49.9. The van der Waals surface area contributed by atoms with Crippen molar-refractivity contribution in [3.05, 3.63) is 48.0 Å². The highest BCUT2D eigenvalue weighted by Crippen LogP contribution is 2.37. The molecule has 0 radical (unpaired) electrons.